The highest BCUT2D eigenvalue weighted by molar-refractivity contribution is 7.91. The molecular weight excluding hydrogens is 256 g/mol. The Kier molecular flexibility index (Phi) is 3.20. The molecule has 0 spiro atoms. The molecule has 2 N–H and O–H groups in total. The summed E-state index contributed by atoms with van der Waals surface area (Å²) in [5.74, 6) is -0.237. The van der Waals surface area contributed by atoms with Crippen LogP contribution in [-0.4, -0.2) is 53.8 Å². The van der Waals surface area contributed by atoms with Gasteiger partial charge in [-0.25, -0.2) is 18.4 Å². The van der Waals surface area contributed by atoms with Gasteiger partial charge in [-0.3, -0.25) is 4.79 Å². The Labute approximate surface area is 105 Å². The van der Waals surface area contributed by atoms with Crippen molar-refractivity contribution in [3.63, 3.8) is 0 Å². The second kappa shape index (κ2) is 4.52. The Hall–Kier alpha value is -1.70. The van der Waals surface area contributed by atoms with Gasteiger partial charge in [-0.1, -0.05) is 0 Å². The molecule has 1 fully saturated rings. The van der Waals surface area contributed by atoms with Crippen LogP contribution in [-0.2, 0) is 9.84 Å². The van der Waals surface area contributed by atoms with Gasteiger partial charge in [-0.15, -0.1) is 0 Å². The van der Waals surface area contributed by atoms with Gasteiger partial charge >= 0.3 is 0 Å². The molecule has 2 rings (SSSR count). The lowest BCUT2D eigenvalue weighted by Crippen LogP contribution is -2.38. The van der Waals surface area contributed by atoms with Crippen LogP contribution in [0.25, 0.3) is 0 Å². The van der Waals surface area contributed by atoms with Gasteiger partial charge in [0.25, 0.3) is 5.91 Å². The van der Waals surface area contributed by atoms with Gasteiger partial charge in [0.05, 0.1) is 11.5 Å². The van der Waals surface area contributed by atoms with Crippen LogP contribution in [0.2, 0.25) is 0 Å². The third-order valence-corrected chi connectivity index (χ3v) is 4.76. The van der Waals surface area contributed by atoms with Gasteiger partial charge in [-0.2, -0.15) is 0 Å². The minimum Gasteiger partial charge on any atom is -0.382 e. The number of rotatable bonds is 2. The molecule has 0 saturated carbocycles. The zero-order chi connectivity index (χ0) is 13.3. The first-order valence-corrected chi connectivity index (χ1v) is 7.27. The van der Waals surface area contributed by atoms with Crippen molar-refractivity contribution in [2.45, 2.75) is 12.5 Å². The molecule has 8 heteroatoms. The van der Waals surface area contributed by atoms with Gasteiger partial charge in [0.15, 0.2) is 21.3 Å². The molecule has 1 saturated heterocycles. The first kappa shape index (κ1) is 12.7. The van der Waals surface area contributed by atoms with Crippen molar-refractivity contribution in [2.24, 2.45) is 0 Å². The van der Waals surface area contributed by atoms with Crippen molar-refractivity contribution in [1.82, 2.24) is 14.9 Å². The van der Waals surface area contributed by atoms with Gasteiger partial charge in [0, 0.05) is 25.5 Å². The lowest BCUT2D eigenvalue weighted by atomic mass is 10.2. The van der Waals surface area contributed by atoms with E-state index in [4.69, 9.17) is 5.73 Å². The number of carbonyl (C=O) groups is 1. The van der Waals surface area contributed by atoms with Crippen LogP contribution in [0.1, 0.15) is 16.9 Å². The minimum absolute atomic E-state index is 0.00456. The molecule has 1 aromatic heterocycles. The van der Waals surface area contributed by atoms with E-state index in [1.165, 1.54) is 17.3 Å². The summed E-state index contributed by atoms with van der Waals surface area (Å²) in [6.07, 6.45) is 3.22. The average molecular weight is 270 g/mol. The lowest BCUT2D eigenvalue weighted by molar-refractivity contribution is 0.0742. The summed E-state index contributed by atoms with van der Waals surface area (Å²) in [4.78, 5) is 21.2. The Balaban J connectivity index is 2.18. The molecule has 0 aliphatic carbocycles. The van der Waals surface area contributed by atoms with E-state index < -0.39 is 15.7 Å². The monoisotopic (exact) mass is 270 g/mol. The van der Waals surface area contributed by atoms with E-state index in [0.29, 0.717) is 6.42 Å². The highest BCUT2D eigenvalue weighted by Crippen LogP contribution is 2.18. The first-order chi connectivity index (χ1) is 8.41. The van der Waals surface area contributed by atoms with E-state index >= 15 is 0 Å². The van der Waals surface area contributed by atoms with E-state index in [-0.39, 0.29) is 29.1 Å². The molecule has 1 aliphatic heterocycles. The van der Waals surface area contributed by atoms with Crippen LogP contribution >= 0.6 is 0 Å². The summed E-state index contributed by atoms with van der Waals surface area (Å²) in [5.41, 5.74) is 5.63. The Bertz CT molecular complexity index is 572. The summed E-state index contributed by atoms with van der Waals surface area (Å²) in [5, 5.41) is 0. The van der Waals surface area contributed by atoms with Crippen LogP contribution in [0.15, 0.2) is 12.4 Å². The molecule has 0 aromatic carbocycles. The third kappa shape index (κ3) is 2.42. The Morgan fingerprint density at radius 3 is 2.67 bits per heavy atom. The van der Waals surface area contributed by atoms with Crippen LogP contribution < -0.4 is 5.73 Å². The lowest BCUT2D eigenvalue weighted by Gasteiger charge is -2.23. The number of hydrogen-bond acceptors (Lipinski definition) is 6. The van der Waals surface area contributed by atoms with Crippen LogP contribution in [0.4, 0.5) is 5.82 Å². The van der Waals surface area contributed by atoms with E-state index in [0.717, 1.165) is 0 Å². The first-order valence-electron chi connectivity index (χ1n) is 5.45. The standard InChI is InChI=1S/C10H14N4O3S/c1-14(7-2-5-18(16,17)6-7)10(15)8-9(11)13-4-3-12-8/h3-4,7H,2,5-6H2,1H3,(H2,11,13)/t7-/m1/s1. The SMILES string of the molecule is CN(C(=O)c1nccnc1N)[C@@H]1CCS(=O)(=O)C1. The number of aromatic nitrogens is 2. The summed E-state index contributed by atoms with van der Waals surface area (Å²) in [6, 6.07) is -0.316. The molecule has 1 amide bonds. The van der Waals surface area contributed by atoms with Gasteiger partial charge in [0.1, 0.15) is 0 Å². The maximum absolute atomic E-state index is 12.1. The maximum Gasteiger partial charge on any atom is 0.276 e. The fraction of sp³-hybridized carbons (Fsp3) is 0.500. The normalized spacial score (nSPS) is 21.7. The fourth-order valence-electron chi connectivity index (χ4n) is 1.93. The number of amides is 1. The van der Waals surface area contributed by atoms with E-state index in [2.05, 4.69) is 9.97 Å². The number of carbonyl (C=O) groups excluding carboxylic acids is 1. The van der Waals surface area contributed by atoms with Gasteiger partial charge in [-0.05, 0) is 6.42 Å². The zero-order valence-electron chi connectivity index (χ0n) is 9.91. The second-order valence-corrected chi connectivity index (χ2v) is 6.49. The highest BCUT2D eigenvalue weighted by atomic mass is 32.2. The smallest absolute Gasteiger partial charge is 0.276 e. The molecule has 2 heterocycles. The van der Waals surface area contributed by atoms with Crippen LogP contribution in [0.3, 0.4) is 0 Å². The molecule has 98 valence electrons. The molecule has 1 aliphatic rings. The van der Waals surface area contributed by atoms with Crippen molar-refractivity contribution >= 4 is 21.6 Å². The molecule has 7 nitrogen and oxygen atoms in total. The van der Waals surface area contributed by atoms with Crippen molar-refractivity contribution in [2.75, 3.05) is 24.3 Å². The quantitative estimate of drug-likeness (QED) is 0.763. The molecule has 1 aromatic rings. The number of nitrogens with two attached hydrogens (primary N) is 1. The van der Waals surface area contributed by atoms with E-state index in [9.17, 15) is 13.2 Å². The molecule has 0 bridgehead atoms. The fourth-order valence-corrected chi connectivity index (χ4v) is 3.70. The predicted octanol–water partition coefficient (Wildman–Crippen LogP) is -0.682. The second-order valence-electron chi connectivity index (χ2n) is 4.26. The topological polar surface area (TPSA) is 106 Å². The van der Waals surface area contributed by atoms with Crippen molar-refractivity contribution in [3.8, 4) is 0 Å². The predicted molar refractivity (Wildman–Crippen MR) is 65.6 cm³/mol. The van der Waals surface area contributed by atoms with Crippen LogP contribution in [0.5, 0.6) is 0 Å². The van der Waals surface area contributed by atoms with Gasteiger partial charge in [0.2, 0.25) is 0 Å². The Morgan fingerprint density at radius 2 is 2.11 bits per heavy atom. The zero-order valence-corrected chi connectivity index (χ0v) is 10.7. The van der Waals surface area contributed by atoms with E-state index in [1.807, 2.05) is 0 Å². The van der Waals surface area contributed by atoms with Crippen LogP contribution in [0, 0.1) is 0 Å². The highest BCUT2D eigenvalue weighted by Gasteiger charge is 2.33. The summed E-state index contributed by atoms with van der Waals surface area (Å²) in [6.45, 7) is 0. The minimum atomic E-state index is -3.03. The number of anilines is 1. The summed E-state index contributed by atoms with van der Waals surface area (Å²) >= 11 is 0. The summed E-state index contributed by atoms with van der Waals surface area (Å²) < 4.78 is 22.8. The average Bonchev–Trinajstić information content (AvgIpc) is 2.68. The summed E-state index contributed by atoms with van der Waals surface area (Å²) in [7, 11) is -1.47. The number of nitrogens with zero attached hydrogens (tertiary/aromatic N) is 3. The third-order valence-electron chi connectivity index (χ3n) is 3.01. The number of sulfone groups is 1. The molecule has 1 atom stereocenters. The molecule has 0 radical (unpaired) electrons. The largest absolute Gasteiger partial charge is 0.382 e. The van der Waals surface area contributed by atoms with Gasteiger partial charge < -0.3 is 10.6 Å². The van der Waals surface area contributed by atoms with Crippen molar-refractivity contribution in [3.05, 3.63) is 18.1 Å². The molecular formula is C10H14N4O3S. The van der Waals surface area contributed by atoms with Crippen molar-refractivity contribution < 1.29 is 13.2 Å². The van der Waals surface area contributed by atoms with Crippen molar-refractivity contribution in [1.29, 1.82) is 0 Å². The number of hydrogen-bond donors (Lipinski definition) is 1. The molecule has 0 unspecified atom stereocenters. The number of nitrogen functional groups attached to an aromatic ring is 1. The Morgan fingerprint density at radius 1 is 1.44 bits per heavy atom. The van der Waals surface area contributed by atoms with E-state index in [1.54, 1.807) is 7.05 Å². The maximum atomic E-state index is 12.1. The molecule has 18 heavy (non-hydrogen) atoms.